The highest BCUT2D eigenvalue weighted by atomic mass is 32.1. The molecule has 0 aliphatic carbocycles. The summed E-state index contributed by atoms with van der Waals surface area (Å²) in [5, 5.41) is 11.5. The van der Waals surface area contributed by atoms with E-state index < -0.39 is 5.97 Å². The third-order valence-electron chi connectivity index (χ3n) is 3.00. The first-order chi connectivity index (χ1) is 7.49. The summed E-state index contributed by atoms with van der Waals surface area (Å²) in [6.45, 7) is 5.43. The molecule has 1 fully saturated rings. The Balaban J connectivity index is 2.15. The van der Waals surface area contributed by atoms with Crippen LogP contribution in [0, 0.1) is 0 Å². The normalized spacial score (nSPS) is 19.0. The Morgan fingerprint density at radius 2 is 2.44 bits per heavy atom. The Hall–Kier alpha value is -1.10. The first kappa shape index (κ1) is 11.4. The summed E-state index contributed by atoms with van der Waals surface area (Å²) in [6, 6.07) is 0. The average Bonchev–Trinajstić information content (AvgIpc) is 2.70. The van der Waals surface area contributed by atoms with Crippen LogP contribution in [0.15, 0.2) is 5.38 Å². The number of carbonyl (C=O) groups is 1. The van der Waals surface area contributed by atoms with Crippen molar-refractivity contribution in [3.05, 3.63) is 11.1 Å². The van der Waals surface area contributed by atoms with E-state index in [9.17, 15) is 4.79 Å². The van der Waals surface area contributed by atoms with Gasteiger partial charge < -0.3 is 10.0 Å². The molecule has 16 heavy (non-hydrogen) atoms. The second-order valence-electron chi connectivity index (χ2n) is 4.76. The van der Waals surface area contributed by atoms with Gasteiger partial charge in [-0.2, -0.15) is 0 Å². The molecule has 1 saturated heterocycles. The van der Waals surface area contributed by atoms with Crippen LogP contribution in [0.2, 0.25) is 0 Å². The van der Waals surface area contributed by atoms with Gasteiger partial charge in [-0.3, -0.25) is 4.79 Å². The summed E-state index contributed by atoms with van der Waals surface area (Å²) >= 11 is 1.54. The number of anilines is 1. The molecule has 4 nitrogen and oxygen atoms in total. The van der Waals surface area contributed by atoms with Gasteiger partial charge in [-0.05, 0) is 26.7 Å². The Bertz CT molecular complexity index is 400. The highest BCUT2D eigenvalue weighted by Crippen LogP contribution is 2.35. The van der Waals surface area contributed by atoms with E-state index in [1.54, 1.807) is 11.3 Å². The van der Waals surface area contributed by atoms with Crippen LogP contribution in [0.3, 0.4) is 0 Å². The van der Waals surface area contributed by atoms with E-state index in [0.29, 0.717) is 5.69 Å². The quantitative estimate of drug-likeness (QED) is 0.879. The van der Waals surface area contributed by atoms with Crippen LogP contribution in [0.5, 0.6) is 0 Å². The molecule has 1 aromatic rings. The highest BCUT2D eigenvalue weighted by Gasteiger charge is 2.33. The molecule has 0 spiro atoms. The van der Waals surface area contributed by atoms with Crippen LogP contribution in [0.1, 0.15) is 32.4 Å². The lowest BCUT2D eigenvalue weighted by molar-refractivity contribution is -0.136. The van der Waals surface area contributed by atoms with Crippen LogP contribution in [0.4, 0.5) is 5.13 Å². The second-order valence-corrected chi connectivity index (χ2v) is 5.60. The number of nitrogens with zero attached hydrogens (tertiary/aromatic N) is 2. The van der Waals surface area contributed by atoms with E-state index in [2.05, 4.69) is 23.7 Å². The van der Waals surface area contributed by atoms with Gasteiger partial charge in [-0.25, -0.2) is 4.98 Å². The summed E-state index contributed by atoms with van der Waals surface area (Å²) in [6.07, 6.45) is 2.37. The molecule has 0 radical (unpaired) electrons. The number of thiazole rings is 1. The molecular formula is C11H16N2O2S. The molecule has 1 aromatic heterocycles. The topological polar surface area (TPSA) is 53.4 Å². The van der Waals surface area contributed by atoms with Crippen molar-refractivity contribution >= 4 is 22.4 Å². The summed E-state index contributed by atoms with van der Waals surface area (Å²) in [7, 11) is 0. The van der Waals surface area contributed by atoms with Crippen molar-refractivity contribution in [1.82, 2.24) is 4.98 Å². The summed E-state index contributed by atoms with van der Waals surface area (Å²) in [5.41, 5.74) is 0.813. The van der Waals surface area contributed by atoms with Crippen LogP contribution in [0.25, 0.3) is 0 Å². The third kappa shape index (κ3) is 2.19. The maximum atomic E-state index is 10.6. The number of aliphatic carboxylic acids is 1. The van der Waals surface area contributed by atoms with E-state index >= 15 is 0 Å². The molecule has 1 N–H and O–H groups in total. The number of hydrogen-bond donors (Lipinski definition) is 1. The smallest absolute Gasteiger partial charge is 0.309 e. The van der Waals surface area contributed by atoms with Crippen molar-refractivity contribution in [2.45, 2.75) is 38.6 Å². The molecule has 5 heteroatoms. The predicted molar refractivity (Wildman–Crippen MR) is 64.1 cm³/mol. The van der Waals surface area contributed by atoms with Crippen molar-refractivity contribution in [3.63, 3.8) is 0 Å². The molecule has 0 aromatic carbocycles. The molecule has 2 rings (SSSR count). The number of rotatable bonds is 3. The largest absolute Gasteiger partial charge is 0.481 e. The van der Waals surface area contributed by atoms with Crippen molar-refractivity contribution in [2.75, 3.05) is 11.4 Å². The summed E-state index contributed by atoms with van der Waals surface area (Å²) in [4.78, 5) is 17.3. The first-order valence-electron chi connectivity index (χ1n) is 5.43. The Labute approximate surface area is 98.9 Å². The highest BCUT2D eigenvalue weighted by molar-refractivity contribution is 7.13. The Morgan fingerprint density at radius 3 is 3.00 bits per heavy atom. The summed E-state index contributed by atoms with van der Waals surface area (Å²) < 4.78 is 0. The lowest BCUT2D eigenvalue weighted by atomic mass is 10.0. The van der Waals surface area contributed by atoms with Gasteiger partial charge in [0.2, 0.25) is 0 Å². The fraction of sp³-hybridized carbons (Fsp3) is 0.636. The molecule has 1 aliphatic rings. The first-order valence-corrected chi connectivity index (χ1v) is 6.31. The number of carboxylic acid groups (broad SMARTS) is 1. The molecule has 0 amide bonds. The molecule has 0 atom stereocenters. The van der Waals surface area contributed by atoms with Gasteiger partial charge in [0, 0.05) is 17.5 Å². The average molecular weight is 240 g/mol. The minimum Gasteiger partial charge on any atom is -0.481 e. The number of aromatic nitrogens is 1. The maximum Gasteiger partial charge on any atom is 0.309 e. The van der Waals surface area contributed by atoms with Gasteiger partial charge in [0.1, 0.15) is 0 Å². The predicted octanol–water partition coefficient (Wildman–Crippen LogP) is 2.15. The van der Waals surface area contributed by atoms with Gasteiger partial charge in [0.15, 0.2) is 5.13 Å². The van der Waals surface area contributed by atoms with Gasteiger partial charge in [-0.15, -0.1) is 11.3 Å². The van der Waals surface area contributed by atoms with Gasteiger partial charge >= 0.3 is 5.97 Å². The molecular weight excluding hydrogens is 224 g/mol. The van der Waals surface area contributed by atoms with Crippen LogP contribution in [-0.2, 0) is 11.2 Å². The molecule has 0 bridgehead atoms. The van der Waals surface area contributed by atoms with Gasteiger partial charge in [0.25, 0.3) is 0 Å². The molecule has 0 unspecified atom stereocenters. The zero-order valence-corrected chi connectivity index (χ0v) is 10.4. The fourth-order valence-corrected chi connectivity index (χ4v) is 3.13. The van der Waals surface area contributed by atoms with Crippen LogP contribution >= 0.6 is 11.3 Å². The van der Waals surface area contributed by atoms with E-state index in [4.69, 9.17) is 5.11 Å². The van der Waals surface area contributed by atoms with Crippen molar-refractivity contribution in [2.24, 2.45) is 0 Å². The van der Waals surface area contributed by atoms with E-state index in [1.807, 2.05) is 5.38 Å². The van der Waals surface area contributed by atoms with Crippen LogP contribution < -0.4 is 4.90 Å². The van der Waals surface area contributed by atoms with E-state index in [0.717, 1.165) is 11.7 Å². The van der Waals surface area contributed by atoms with Gasteiger partial charge in [-0.1, -0.05) is 0 Å². The van der Waals surface area contributed by atoms with Crippen molar-refractivity contribution in [1.29, 1.82) is 0 Å². The van der Waals surface area contributed by atoms with E-state index in [-0.39, 0.29) is 12.0 Å². The Morgan fingerprint density at radius 1 is 1.69 bits per heavy atom. The molecule has 0 saturated carbocycles. The zero-order valence-electron chi connectivity index (χ0n) is 9.56. The minimum absolute atomic E-state index is 0.0186. The Kier molecular flexibility index (Phi) is 2.88. The van der Waals surface area contributed by atoms with E-state index in [1.165, 1.54) is 12.8 Å². The fourth-order valence-electron chi connectivity index (χ4n) is 2.12. The zero-order chi connectivity index (χ0) is 11.8. The SMILES string of the molecule is CC1(C)CCCN1c1nc(CC(=O)O)cs1. The minimum atomic E-state index is -0.822. The molecule has 88 valence electrons. The second kappa shape index (κ2) is 4.05. The standard InChI is InChI=1S/C11H16N2O2S/c1-11(2)4-3-5-13(11)10-12-8(7-16-10)6-9(14)15/h7H,3-6H2,1-2H3,(H,14,15). The molecule has 1 aliphatic heterocycles. The molecule has 2 heterocycles. The monoisotopic (exact) mass is 240 g/mol. The number of carboxylic acids is 1. The maximum absolute atomic E-state index is 10.6. The number of hydrogen-bond acceptors (Lipinski definition) is 4. The third-order valence-corrected chi connectivity index (χ3v) is 3.92. The lowest BCUT2D eigenvalue weighted by Crippen LogP contribution is -2.38. The van der Waals surface area contributed by atoms with Crippen LogP contribution in [-0.4, -0.2) is 28.1 Å². The van der Waals surface area contributed by atoms with Crippen molar-refractivity contribution < 1.29 is 9.90 Å². The summed E-state index contributed by atoms with van der Waals surface area (Å²) in [5.74, 6) is -0.822. The van der Waals surface area contributed by atoms with Crippen molar-refractivity contribution in [3.8, 4) is 0 Å². The lowest BCUT2D eigenvalue weighted by Gasteiger charge is -2.31. The van der Waals surface area contributed by atoms with Gasteiger partial charge in [0.05, 0.1) is 12.1 Å².